The number of rotatable bonds is 1. The largest absolute Gasteiger partial charge is 0.393 e. The van der Waals surface area contributed by atoms with Crippen LogP contribution in [0.5, 0.6) is 0 Å². The minimum absolute atomic E-state index is 0.259. The quantitative estimate of drug-likeness (QED) is 0.517. The molecule has 40 valence electrons. The van der Waals surface area contributed by atoms with Crippen LogP contribution >= 0.6 is 12.2 Å². The summed E-state index contributed by atoms with van der Waals surface area (Å²) in [6.45, 7) is 2.11. The van der Waals surface area contributed by atoms with Gasteiger partial charge < -0.3 is 5.73 Å². The second kappa shape index (κ2) is 1.19. The van der Waals surface area contributed by atoms with E-state index in [1.165, 1.54) is 12.8 Å². The van der Waals surface area contributed by atoms with Gasteiger partial charge in [0.05, 0.1) is 4.99 Å². The molecule has 0 saturated heterocycles. The first-order valence-electron chi connectivity index (χ1n) is 2.45. The van der Waals surface area contributed by atoms with Gasteiger partial charge in [-0.1, -0.05) is 19.1 Å². The summed E-state index contributed by atoms with van der Waals surface area (Å²) in [4.78, 5) is 0.688. The van der Waals surface area contributed by atoms with Gasteiger partial charge in [-0.05, 0) is 12.8 Å². The molecule has 0 spiro atoms. The summed E-state index contributed by atoms with van der Waals surface area (Å²) in [6, 6.07) is 0. The Kier molecular flexibility index (Phi) is 0.854. The Morgan fingerprint density at radius 2 is 2.14 bits per heavy atom. The molecule has 0 atom stereocenters. The molecular formula is C5H9NS. The molecule has 0 unspecified atom stereocenters. The van der Waals surface area contributed by atoms with Crippen molar-refractivity contribution in [2.45, 2.75) is 19.8 Å². The molecule has 0 aromatic rings. The van der Waals surface area contributed by atoms with Gasteiger partial charge in [0.1, 0.15) is 0 Å². The molecule has 1 nitrogen and oxygen atoms in total. The van der Waals surface area contributed by atoms with Crippen LogP contribution in [0.25, 0.3) is 0 Å². The molecule has 0 radical (unpaired) electrons. The molecule has 1 aliphatic rings. The lowest BCUT2D eigenvalue weighted by Crippen LogP contribution is -2.18. The summed E-state index contributed by atoms with van der Waals surface area (Å²) in [6.07, 6.45) is 2.39. The third-order valence-electron chi connectivity index (χ3n) is 1.59. The molecule has 0 bridgehead atoms. The maximum atomic E-state index is 5.36. The summed E-state index contributed by atoms with van der Waals surface area (Å²) < 4.78 is 0. The molecule has 1 rings (SSSR count). The second-order valence-electron chi connectivity index (χ2n) is 2.42. The average molecular weight is 115 g/mol. The van der Waals surface area contributed by atoms with E-state index in [1.807, 2.05) is 0 Å². The Morgan fingerprint density at radius 3 is 2.14 bits per heavy atom. The van der Waals surface area contributed by atoms with Gasteiger partial charge in [0.25, 0.3) is 0 Å². The maximum Gasteiger partial charge on any atom is 0.0787 e. The fourth-order valence-electron chi connectivity index (χ4n) is 0.434. The molecule has 0 heterocycles. The van der Waals surface area contributed by atoms with E-state index in [0.29, 0.717) is 4.99 Å². The predicted molar refractivity (Wildman–Crippen MR) is 34.1 cm³/mol. The summed E-state index contributed by atoms with van der Waals surface area (Å²) >= 11 is 4.77. The Morgan fingerprint density at radius 1 is 1.71 bits per heavy atom. The van der Waals surface area contributed by atoms with Gasteiger partial charge in [-0.25, -0.2) is 0 Å². The van der Waals surface area contributed by atoms with Crippen LogP contribution in [0.4, 0.5) is 0 Å². The minimum atomic E-state index is 0.259. The van der Waals surface area contributed by atoms with Crippen molar-refractivity contribution in [2.75, 3.05) is 0 Å². The Labute approximate surface area is 48.9 Å². The highest BCUT2D eigenvalue weighted by molar-refractivity contribution is 7.80. The van der Waals surface area contributed by atoms with Crippen molar-refractivity contribution in [3.8, 4) is 0 Å². The van der Waals surface area contributed by atoms with E-state index >= 15 is 0 Å². The molecule has 2 heteroatoms. The standard InChI is InChI=1S/C5H9NS/c1-5(2-3-5)4(6)7/h2-3H2,1H3,(H2,6,7). The Hall–Kier alpha value is -0.110. The summed E-state index contributed by atoms with van der Waals surface area (Å²) in [5.74, 6) is 0. The molecule has 1 aliphatic carbocycles. The van der Waals surface area contributed by atoms with Crippen LogP contribution in [-0.2, 0) is 0 Å². The van der Waals surface area contributed by atoms with E-state index in [0.717, 1.165) is 0 Å². The lowest BCUT2D eigenvalue weighted by molar-refractivity contribution is 0.810. The predicted octanol–water partition coefficient (Wildman–Crippen LogP) is 1.07. The van der Waals surface area contributed by atoms with E-state index in [-0.39, 0.29) is 5.41 Å². The maximum absolute atomic E-state index is 5.36. The lowest BCUT2D eigenvalue weighted by Gasteiger charge is -2.00. The van der Waals surface area contributed by atoms with Gasteiger partial charge >= 0.3 is 0 Å². The van der Waals surface area contributed by atoms with Crippen LogP contribution in [-0.4, -0.2) is 4.99 Å². The van der Waals surface area contributed by atoms with E-state index in [2.05, 4.69) is 6.92 Å². The van der Waals surface area contributed by atoms with Crippen molar-refractivity contribution in [2.24, 2.45) is 11.1 Å². The summed E-state index contributed by atoms with van der Waals surface area (Å²) in [5.41, 5.74) is 5.62. The minimum Gasteiger partial charge on any atom is -0.393 e. The third kappa shape index (κ3) is 0.752. The van der Waals surface area contributed by atoms with Crippen LogP contribution in [0.15, 0.2) is 0 Å². The van der Waals surface area contributed by atoms with E-state index in [1.54, 1.807) is 0 Å². The first kappa shape index (κ1) is 5.04. The SMILES string of the molecule is CC1(C(N)=S)CC1. The third-order valence-corrected chi connectivity index (χ3v) is 2.09. The topological polar surface area (TPSA) is 26.0 Å². The van der Waals surface area contributed by atoms with E-state index < -0.39 is 0 Å². The van der Waals surface area contributed by atoms with Crippen molar-refractivity contribution in [1.82, 2.24) is 0 Å². The van der Waals surface area contributed by atoms with Gasteiger partial charge in [0, 0.05) is 5.41 Å². The fourth-order valence-corrected chi connectivity index (χ4v) is 0.638. The van der Waals surface area contributed by atoms with Gasteiger partial charge in [0.15, 0.2) is 0 Å². The molecular weight excluding hydrogens is 106 g/mol. The van der Waals surface area contributed by atoms with Crippen LogP contribution < -0.4 is 5.73 Å². The molecule has 1 fully saturated rings. The highest BCUT2D eigenvalue weighted by atomic mass is 32.1. The summed E-state index contributed by atoms with van der Waals surface area (Å²) in [7, 11) is 0. The van der Waals surface area contributed by atoms with E-state index in [9.17, 15) is 0 Å². The smallest absolute Gasteiger partial charge is 0.0787 e. The van der Waals surface area contributed by atoms with Crippen molar-refractivity contribution in [3.63, 3.8) is 0 Å². The molecule has 0 aromatic carbocycles. The fraction of sp³-hybridized carbons (Fsp3) is 0.800. The average Bonchev–Trinajstić information content (AvgIpc) is 2.21. The van der Waals surface area contributed by atoms with Crippen molar-refractivity contribution < 1.29 is 0 Å². The van der Waals surface area contributed by atoms with Gasteiger partial charge in [0.2, 0.25) is 0 Å². The van der Waals surface area contributed by atoms with Crippen molar-refractivity contribution in [1.29, 1.82) is 0 Å². The normalized spacial score (nSPS) is 24.1. The first-order valence-corrected chi connectivity index (χ1v) is 2.86. The second-order valence-corrected chi connectivity index (χ2v) is 2.86. The van der Waals surface area contributed by atoms with Crippen LogP contribution in [0.1, 0.15) is 19.8 Å². The molecule has 1 saturated carbocycles. The van der Waals surface area contributed by atoms with Crippen LogP contribution in [0.3, 0.4) is 0 Å². The first-order chi connectivity index (χ1) is 3.15. The van der Waals surface area contributed by atoms with Gasteiger partial charge in [-0.15, -0.1) is 0 Å². The van der Waals surface area contributed by atoms with Crippen LogP contribution in [0, 0.1) is 5.41 Å². The van der Waals surface area contributed by atoms with Crippen LogP contribution in [0.2, 0.25) is 0 Å². The van der Waals surface area contributed by atoms with Gasteiger partial charge in [-0.3, -0.25) is 0 Å². The number of nitrogens with two attached hydrogens (primary N) is 1. The number of thiocarbonyl (C=S) groups is 1. The van der Waals surface area contributed by atoms with Crippen molar-refractivity contribution in [3.05, 3.63) is 0 Å². The van der Waals surface area contributed by atoms with E-state index in [4.69, 9.17) is 18.0 Å². The lowest BCUT2D eigenvalue weighted by atomic mass is 10.1. The zero-order chi connectivity index (χ0) is 5.49. The molecule has 0 amide bonds. The Bertz CT molecular complexity index is 105. The molecule has 7 heavy (non-hydrogen) atoms. The number of hydrogen-bond acceptors (Lipinski definition) is 1. The van der Waals surface area contributed by atoms with Crippen molar-refractivity contribution >= 4 is 17.2 Å². The summed E-state index contributed by atoms with van der Waals surface area (Å²) in [5, 5.41) is 0. The molecule has 0 aliphatic heterocycles. The number of hydrogen-bond donors (Lipinski definition) is 1. The van der Waals surface area contributed by atoms with Gasteiger partial charge in [-0.2, -0.15) is 0 Å². The highest BCUT2D eigenvalue weighted by Gasteiger charge is 2.39. The zero-order valence-electron chi connectivity index (χ0n) is 4.40. The zero-order valence-corrected chi connectivity index (χ0v) is 5.22. The highest BCUT2D eigenvalue weighted by Crippen LogP contribution is 2.44. The molecule has 0 aromatic heterocycles. The monoisotopic (exact) mass is 115 g/mol. The molecule has 2 N–H and O–H groups in total. The Balaban J connectivity index is 2.55.